The SMILES string of the molecule is COc1ccc(C(=O)C2=NO[C@H]3C(=O)N(c4ccc(C(=O)[O-])cc4)C(=O)[C@@H]23)cc1. The first-order chi connectivity index (χ1) is 13.9. The van der Waals surface area contributed by atoms with E-state index in [1.54, 1.807) is 12.1 Å². The second-order valence-electron chi connectivity index (χ2n) is 6.38. The number of ketones is 1. The highest BCUT2D eigenvalue weighted by Gasteiger charge is 2.57. The lowest BCUT2D eigenvalue weighted by Crippen LogP contribution is -2.34. The number of methoxy groups -OCH3 is 1. The number of ether oxygens (including phenoxy) is 1. The summed E-state index contributed by atoms with van der Waals surface area (Å²) in [5.74, 6) is -3.87. The van der Waals surface area contributed by atoms with E-state index >= 15 is 0 Å². The van der Waals surface area contributed by atoms with Gasteiger partial charge < -0.3 is 19.5 Å². The van der Waals surface area contributed by atoms with E-state index in [1.165, 1.54) is 43.5 Å². The van der Waals surface area contributed by atoms with Gasteiger partial charge in [-0.15, -0.1) is 0 Å². The summed E-state index contributed by atoms with van der Waals surface area (Å²) in [6.07, 6.45) is -1.24. The van der Waals surface area contributed by atoms with E-state index in [0.717, 1.165) is 4.90 Å². The van der Waals surface area contributed by atoms with Gasteiger partial charge in [0.25, 0.3) is 5.91 Å². The van der Waals surface area contributed by atoms with Crippen LogP contribution in [0.2, 0.25) is 0 Å². The molecular formula is C20H13N2O7-. The summed E-state index contributed by atoms with van der Waals surface area (Å²) in [7, 11) is 1.49. The van der Waals surface area contributed by atoms with E-state index in [-0.39, 0.29) is 22.5 Å². The van der Waals surface area contributed by atoms with Gasteiger partial charge in [0.1, 0.15) is 17.4 Å². The molecule has 1 saturated heterocycles. The van der Waals surface area contributed by atoms with E-state index in [1.807, 2.05) is 0 Å². The van der Waals surface area contributed by atoms with Crippen molar-refractivity contribution < 1.29 is 33.9 Å². The van der Waals surface area contributed by atoms with Crippen molar-refractivity contribution in [3.05, 3.63) is 59.7 Å². The number of nitrogens with zero attached hydrogens (tertiary/aromatic N) is 2. The molecule has 0 bridgehead atoms. The molecule has 9 heteroatoms. The van der Waals surface area contributed by atoms with Crippen molar-refractivity contribution in [2.45, 2.75) is 6.10 Å². The van der Waals surface area contributed by atoms with Gasteiger partial charge in [0.15, 0.2) is 0 Å². The van der Waals surface area contributed by atoms with Crippen LogP contribution in [-0.2, 0) is 14.4 Å². The van der Waals surface area contributed by atoms with Gasteiger partial charge in [-0.3, -0.25) is 14.4 Å². The number of rotatable bonds is 5. The highest BCUT2D eigenvalue weighted by molar-refractivity contribution is 6.52. The van der Waals surface area contributed by atoms with Gasteiger partial charge in [-0.05, 0) is 42.0 Å². The van der Waals surface area contributed by atoms with Gasteiger partial charge in [0.2, 0.25) is 17.8 Å². The van der Waals surface area contributed by atoms with Crippen molar-refractivity contribution in [2.75, 3.05) is 12.0 Å². The maximum absolute atomic E-state index is 12.9. The summed E-state index contributed by atoms with van der Waals surface area (Å²) in [4.78, 5) is 55.2. The quantitative estimate of drug-likeness (QED) is 0.524. The van der Waals surface area contributed by atoms with Gasteiger partial charge in [-0.25, -0.2) is 4.90 Å². The Bertz CT molecular complexity index is 1060. The van der Waals surface area contributed by atoms with Crippen LogP contribution in [0.3, 0.4) is 0 Å². The number of carboxylic acid groups (broad SMARTS) is 1. The topological polar surface area (TPSA) is 125 Å². The van der Waals surface area contributed by atoms with Crippen LogP contribution in [0, 0.1) is 5.92 Å². The first kappa shape index (κ1) is 18.4. The summed E-state index contributed by atoms with van der Waals surface area (Å²) in [5, 5.41) is 14.6. The molecule has 0 saturated carbocycles. The van der Waals surface area contributed by atoms with Crippen LogP contribution < -0.4 is 14.7 Å². The maximum Gasteiger partial charge on any atom is 0.278 e. The standard InChI is InChI=1S/C20H14N2O7/c1-28-13-8-4-10(5-9-13)16(23)15-14-17(29-21-15)19(25)22(18(14)24)12-6-2-11(3-7-12)20(26)27/h2-9,14,17H,1H3,(H,26,27)/p-1/t14-,17+/m0/s1. The number of carbonyl (C=O) groups excluding carboxylic acids is 4. The van der Waals surface area contributed by atoms with Gasteiger partial charge in [0.05, 0.1) is 18.8 Å². The number of aromatic carboxylic acids is 1. The minimum atomic E-state index is -1.38. The van der Waals surface area contributed by atoms with Crippen molar-refractivity contribution >= 4 is 35.0 Å². The molecule has 1 fully saturated rings. The molecule has 0 aliphatic carbocycles. The number of benzene rings is 2. The van der Waals surface area contributed by atoms with Crippen LogP contribution in [0.4, 0.5) is 5.69 Å². The van der Waals surface area contributed by atoms with E-state index in [0.29, 0.717) is 5.75 Å². The van der Waals surface area contributed by atoms with Crippen molar-refractivity contribution in [3.63, 3.8) is 0 Å². The third kappa shape index (κ3) is 2.92. The number of hydrogen-bond donors (Lipinski definition) is 0. The molecule has 2 aliphatic heterocycles. The van der Waals surface area contributed by atoms with Gasteiger partial charge in [-0.1, -0.05) is 17.3 Å². The Hall–Kier alpha value is -4.01. The molecule has 0 aromatic heterocycles. The summed E-state index contributed by atoms with van der Waals surface area (Å²) in [5.41, 5.74) is 0.179. The molecule has 0 unspecified atom stereocenters. The first-order valence-corrected chi connectivity index (χ1v) is 8.54. The van der Waals surface area contributed by atoms with Crippen LogP contribution >= 0.6 is 0 Å². The number of carbonyl (C=O) groups is 4. The van der Waals surface area contributed by atoms with Crippen molar-refractivity contribution in [1.29, 1.82) is 0 Å². The average molecular weight is 393 g/mol. The molecule has 2 amide bonds. The Balaban J connectivity index is 1.61. The molecule has 4 rings (SSSR count). The van der Waals surface area contributed by atoms with E-state index in [2.05, 4.69) is 5.16 Å². The number of fused-ring (bicyclic) bond motifs is 1. The third-order valence-electron chi connectivity index (χ3n) is 4.76. The van der Waals surface area contributed by atoms with E-state index in [4.69, 9.17) is 9.57 Å². The molecule has 9 nitrogen and oxygen atoms in total. The molecule has 0 N–H and O–H groups in total. The first-order valence-electron chi connectivity index (χ1n) is 8.54. The lowest BCUT2D eigenvalue weighted by molar-refractivity contribution is -0.255. The fourth-order valence-electron chi connectivity index (χ4n) is 3.26. The Labute approximate surface area is 164 Å². The largest absolute Gasteiger partial charge is 0.545 e. The zero-order valence-corrected chi connectivity index (χ0v) is 15.0. The lowest BCUT2D eigenvalue weighted by atomic mass is 9.93. The number of anilines is 1. The molecular weight excluding hydrogens is 380 g/mol. The minimum Gasteiger partial charge on any atom is -0.545 e. The second kappa shape index (κ2) is 6.86. The Morgan fingerprint density at radius 1 is 1.00 bits per heavy atom. The monoisotopic (exact) mass is 393 g/mol. The highest BCUT2D eigenvalue weighted by atomic mass is 16.7. The molecule has 2 aromatic carbocycles. The summed E-state index contributed by atoms with van der Waals surface area (Å²) in [6.45, 7) is 0. The molecule has 2 aliphatic rings. The summed E-state index contributed by atoms with van der Waals surface area (Å²) in [6, 6.07) is 11.3. The van der Waals surface area contributed by atoms with E-state index < -0.39 is 35.6 Å². The summed E-state index contributed by atoms with van der Waals surface area (Å²) >= 11 is 0. The zero-order chi connectivity index (χ0) is 20.7. The van der Waals surface area contributed by atoms with Crippen molar-refractivity contribution in [1.82, 2.24) is 0 Å². The Kier molecular flexibility index (Phi) is 4.34. The fraction of sp³-hybridized carbons (Fsp3) is 0.150. The zero-order valence-electron chi connectivity index (χ0n) is 15.0. The molecule has 2 aromatic rings. The molecule has 146 valence electrons. The predicted octanol–water partition coefficient (Wildman–Crippen LogP) is 0.186. The van der Waals surface area contributed by atoms with Crippen LogP contribution in [0.25, 0.3) is 0 Å². The van der Waals surface area contributed by atoms with Gasteiger partial charge in [-0.2, -0.15) is 0 Å². The molecule has 2 atom stereocenters. The summed E-state index contributed by atoms with van der Waals surface area (Å²) < 4.78 is 5.05. The van der Waals surface area contributed by atoms with Gasteiger partial charge in [0, 0.05) is 5.56 Å². The van der Waals surface area contributed by atoms with Crippen LogP contribution in [0.5, 0.6) is 5.75 Å². The minimum absolute atomic E-state index is 0.0961. The number of hydrogen-bond acceptors (Lipinski definition) is 8. The lowest BCUT2D eigenvalue weighted by Gasteiger charge is -2.16. The molecule has 0 radical (unpaired) electrons. The predicted molar refractivity (Wildman–Crippen MR) is 96.4 cm³/mol. The van der Waals surface area contributed by atoms with Crippen LogP contribution in [0.15, 0.2) is 53.7 Å². The molecule has 0 spiro atoms. The Morgan fingerprint density at radius 3 is 2.21 bits per heavy atom. The number of oxime groups is 1. The number of imide groups is 1. The number of carboxylic acids is 1. The molecule has 29 heavy (non-hydrogen) atoms. The normalized spacial score (nSPS) is 20.2. The second-order valence-corrected chi connectivity index (χ2v) is 6.38. The maximum atomic E-state index is 12.9. The number of Topliss-reactive ketones (excluding diaryl/α,β-unsaturated/α-hetero) is 1. The van der Waals surface area contributed by atoms with Gasteiger partial charge >= 0.3 is 0 Å². The Morgan fingerprint density at radius 2 is 1.62 bits per heavy atom. The van der Waals surface area contributed by atoms with E-state index in [9.17, 15) is 24.3 Å². The fourth-order valence-corrected chi connectivity index (χ4v) is 3.26. The highest BCUT2D eigenvalue weighted by Crippen LogP contribution is 2.34. The third-order valence-corrected chi connectivity index (χ3v) is 4.76. The molecule has 2 heterocycles. The number of amides is 2. The van der Waals surface area contributed by atoms with Crippen LogP contribution in [-0.4, -0.2) is 42.5 Å². The average Bonchev–Trinajstić information content (AvgIpc) is 3.28. The van der Waals surface area contributed by atoms with Crippen LogP contribution in [0.1, 0.15) is 20.7 Å². The van der Waals surface area contributed by atoms with Crippen molar-refractivity contribution in [2.24, 2.45) is 11.1 Å². The smallest absolute Gasteiger partial charge is 0.278 e. The van der Waals surface area contributed by atoms with Crippen molar-refractivity contribution in [3.8, 4) is 5.75 Å².